The molecule has 2 unspecified atom stereocenters. The van der Waals surface area contributed by atoms with Crippen LogP contribution in [0.1, 0.15) is 47.0 Å². The van der Waals surface area contributed by atoms with Crippen LogP contribution in [-0.2, 0) is 18.4 Å². The maximum Gasteiger partial charge on any atom is 0.351 e. The zero-order valence-corrected chi connectivity index (χ0v) is 18.5. The molecule has 29 heavy (non-hydrogen) atoms. The number of amides is 1. The van der Waals surface area contributed by atoms with Crippen molar-refractivity contribution in [2.24, 2.45) is 21.7 Å². The minimum absolute atomic E-state index is 0.0262. The Hall–Kier alpha value is -1.69. The van der Waals surface area contributed by atoms with Crippen molar-refractivity contribution >= 4 is 24.9 Å². The lowest BCUT2D eigenvalue weighted by atomic mass is 9.68. The number of fused-ring (bicyclic) bond motifs is 2. The maximum atomic E-state index is 13.5. The van der Waals surface area contributed by atoms with E-state index in [-0.39, 0.29) is 36.6 Å². The Morgan fingerprint density at radius 1 is 1.28 bits per heavy atom. The molecule has 0 aliphatic heterocycles. The minimum atomic E-state index is -3.33. The number of hydrogen-bond acceptors (Lipinski definition) is 6. The molecule has 0 aromatic heterocycles. The van der Waals surface area contributed by atoms with Crippen molar-refractivity contribution in [3.63, 3.8) is 0 Å². The second-order valence-electron chi connectivity index (χ2n) is 8.23. The van der Waals surface area contributed by atoms with Crippen molar-refractivity contribution in [3.05, 3.63) is 24.3 Å². The maximum absolute atomic E-state index is 13.5. The van der Waals surface area contributed by atoms with Gasteiger partial charge in [0.05, 0.1) is 24.3 Å². The van der Waals surface area contributed by atoms with Crippen LogP contribution < -0.4 is 5.32 Å². The van der Waals surface area contributed by atoms with E-state index < -0.39 is 13.0 Å². The highest BCUT2D eigenvalue weighted by Crippen LogP contribution is 2.65. The topological polar surface area (TPSA) is 97.2 Å². The zero-order chi connectivity index (χ0) is 21.3. The van der Waals surface area contributed by atoms with E-state index in [1.54, 1.807) is 38.1 Å². The third kappa shape index (κ3) is 3.76. The van der Waals surface area contributed by atoms with Gasteiger partial charge in [-0.15, -0.1) is 0 Å². The molecule has 1 amide bonds. The Kier molecular flexibility index (Phi) is 6.23. The van der Waals surface area contributed by atoms with Crippen LogP contribution in [0.4, 0.5) is 5.69 Å². The van der Waals surface area contributed by atoms with E-state index in [0.29, 0.717) is 24.4 Å². The number of para-hydroxylation sites is 2. The molecule has 2 fully saturated rings. The number of rotatable bonds is 8. The molecule has 2 saturated carbocycles. The number of carbonyl (C=O) groups is 1. The largest absolute Gasteiger partial charge is 0.506 e. The van der Waals surface area contributed by atoms with E-state index in [4.69, 9.17) is 9.05 Å². The lowest BCUT2D eigenvalue weighted by Crippen LogP contribution is -2.47. The number of aromatic hydroxyl groups is 1. The number of nitrogens with one attached hydrogen (secondary N) is 1. The number of carbonyl (C=O) groups excluding carboxylic acids is 1. The summed E-state index contributed by atoms with van der Waals surface area (Å²) in [6, 6.07) is 6.69. The van der Waals surface area contributed by atoms with Gasteiger partial charge < -0.3 is 19.5 Å². The quantitative estimate of drug-likeness (QED) is 0.462. The minimum Gasteiger partial charge on any atom is -0.506 e. The van der Waals surface area contributed by atoms with Crippen molar-refractivity contribution in [3.8, 4) is 5.75 Å². The van der Waals surface area contributed by atoms with Crippen molar-refractivity contribution in [2.75, 3.05) is 24.8 Å². The van der Waals surface area contributed by atoms with Gasteiger partial charge in [0.15, 0.2) is 0 Å². The summed E-state index contributed by atoms with van der Waals surface area (Å²) in [6.07, 6.45) is 2.23. The molecule has 2 N–H and O–H groups in total. The van der Waals surface area contributed by atoms with Gasteiger partial charge in [-0.3, -0.25) is 14.4 Å². The number of phenols is 1. The number of phenolic OH excluding ortho intramolecular Hbond substituents is 1. The number of hydrogen-bond donors (Lipinski definition) is 2. The molecule has 160 valence electrons. The highest BCUT2D eigenvalue weighted by Gasteiger charge is 2.66. The lowest BCUT2D eigenvalue weighted by Gasteiger charge is -2.37. The Morgan fingerprint density at radius 3 is 2.52 bits per heavy atom. The fraction of sp³-hybridized carbons (Fsp3) is 0.619. The summed E-state index contributed by atoms with van der Waals surface area (Å²) in [4.78, 5) is 18.2. The van der Waals surface area contributed by atoms with Gasteiger partial charge in [-0.1, -0.05) is 26.0 Å². The van der Waals surface area contributed by atoms with Crippen molar-refractivity contribution in [1.29, 1.82) is 0 Å². The van der Waals surface area contributed by atoms with E-state index >= 15 is 0 Å². The standard InChI is InChI=1S/C21H31N2O5P/c1-5-27-29(26,28-6-2)14-22-18-13-15-11-12-21(18,20(15,3)4)19(25)23-16-9-7-8-10-17(16)24/h7-10,15,24H,5-6,11-14H2,1-4H3,(H,23,25)/b22-18+. The Bertz CT molecular complexity index is 843. The molecule has 7 nitrogen and oxygen atoms in total. The van der Waals surface area contributed by atoms with Crippen molar-refractivity contribution in [2.45, 2.75) is 47.0 Å². The van der Waals surface area contributed by atoms with E-state index in [1.165, 1.54) is 0 Å². The molecule has 2 bridgehead atoms. The molecule has 8 heteroatoms. The fourth-order valence-corrected chi connectivity index (χ4v) is 6.30. The second kappa shape index (κ2) is 8.21. The monoisotopic (exact) mass is 422 g/mol. The van der Waals surface area contributed by atoms with Gasteiger partial charge in [0.1, 0.15) is 12.0 Å². The van der Waals surface area contributed by atoms with Gasteiger partial charge in [0.2, 0.25) is 5.91 Å². The summed E-state index contributed by atoms with van der Waals surface area (Å²) in [5.74, 6) is 0.179. The Labute approximate surface area is 172 Å². The van der Waals surface area contributed by atoms with E-state index in [9.17, 15) is 14.5 Å². The number of nitrogens with zero attached hydrogens (tertiary/aromatic N) is 1. The molecule has 2 aliphatic rings. The first kappa shape index (κ1) is 22.0. The SMILES string of the molecule is CCOP(=O)(C/N=C1\CC2CCC1(C(=O)Nc1ccccc1O)C2(C)C)OCC. The summed E-state index contributed by atoms with van der Waals surface area (Å²) in [5.41, 5.74) is 0.0445. The second-order valence-corrected chi connectivity index (χ2v) is 10.3. The summed E-state index contributed by atoms with van der Waals surface area (Å²) in [7, 11) is -3.33. The first-order valence-electron chi connectivity index (χ1n) is 10.2. The van der Waals surface area contributed by atoms with Crippen LogP contribution in [0.5, 0.6) is 5.75 Å². The van der Waals surface area contributed by atoms with Gasteiger partial charge in [0.25, 0.3) is 0 Å². The van der Waals surface area contributed by atoms with E-state index in [1.807, 2.05) is 0 Å². The number of aliphatic imine (C=N–C) groups is 1. The Morgan fingerprint density at radius 2 is 1.93 bits per heavy atom. The van der Waals surface area contributed by atoms with Crippen LogP contribution in [0.15, 0.2) is 29.3 Å². The average molecular weight is 422 g/mol. The predicted molar refractivity (Wildman–Crippen MR) is 113 cm³/mol. The van der Waals surface area contributed by atoms with Gasteiger partial charge in [-0.05, 0) is 56.6 Å². The molecule has 0 spiro atoms. The Balaban J connectivity index is 1.93. The molecule has 0 radical (unpaired) electrons. The highest BCUT2D eigenvalue weighted by molar-refractivity contribution is 7.53. The lowest BCUT2D eigenvalue weighted by molar-refractivity contribution is -0.125. The average Bonchev–Trinajstić information content (AvgIpc) is 3.05. The van der Waals surface area contributed by atoms with Gasteiger partial charge in [-0.2, -0.15) is 0 Å². The molecule has 0 saturated heterocycles. The normalized spacial score (nSPS) is 26.8. The third-order valence-electron chi connectivity index (χ3n) is 6.55. The van der Waals surface area contributed by atoms with Crippen molar-refractivity contribution in [1.82, 2.24) is 0 Å². The first-order valence-corrected chi connectivity index (χ1v) is 11.9. The smallest absolute Gasteiger partial charge is 0.351 e. The number of anilines is 1. The molecule has 3 rings (SSSR count). The molecule has 2 aliphatic carbocycles. The molecule has 2 atom stereocenters. The van der Waals surface area contributed by atoms with Crippen LogP contribution in [0.3, 0.4) is 0 Å². The van der Waals surface area contributed by atoms with Gasteiger partial charge in [0, 0.05) is 5.71 Å². The van der Waals surface area contributed by atoms with Crippen LogP contribution in [0.25, 0.3) is 0 Å². The van der Waals surface area contributed by atoms with Crippen LogP contribution in [0, 0.1) is 16.7 Å². The van der Waals surface area contributed by atoms with Crippen molar-refractivity contribution < 1.29 is 23.5 Å². The summed E-state index contributed by atoms with van der Waals surface area (Å²) < 4.78 is 23.6. The predicted octanol–water partition coefficient (Wildman–Crippen LogP) is 4.82. The van der Waals surface area contributed by atoms with Crippen LogP contribution >= 0.6 is 7.60 Å². The third-order valence-corrected chi connectivity index (χ3v) is 8.34. The van der Waals surface area contributed by atoms with Gasteiger partial charge >= 0.3 is 7.60 Å². The molecular formula is C21H31N2O5P. The molecule has 1 aromatic carbocycles. The summed E-state index contributed by atoms with van der Waals surface area (Å²) >= 11 is 0. The molecule has 0 heterocycles. The first-order chi connectivity index (χ1) is 13.7. The zero-order valence-electron chi connectivity index (χ0n) is 17.6. The summed E-state index contributed by atoms with van der Waals surface area (Å²) in [5, 5.41) is 13.0. The number of benzene rings is 1. The highest BCUT2D eigenvalue weighted by atomic mass is 31.2. The van der Waals surface area contributed by atoms with Crippen LogP contribution in [0.2, 0.25) is 0 Å². The summed E-state index contributed by atoms with van der Waals surface area (Å²) in [6.45, 7) is 8.27. The molecular weight excluding hydrogens is 391 g/mol. The van der Waals surface area contributed by atoms with Gasteiger partial charge in [-0.25, -0.2) is 0 Å². The van der Waals surface area contributed by atoms with E-state index in [2.05, 4.69) is 24.2 Å². The van der Waals surface area contributed by atoms with Crippen LogP contribution in [-0.4, -0.2) is 36.2 Å². The molecule has 1 aromatic rings. The fourth-order valence-electron chi connectivity index (χ4n) is 4.93. The van der Waals surface area contributed by atoms with E-state index in [0.717, 1.165) is 12.1 Å².